The molecule has 0 spiro atoms. The molecule has 20 heavy (non-hydrogen) atoms. The fourth-order valence-corrected chi connectivity index (χ4v) is 2.16. The van der Waals surface area contributed by atoms with Crippen LogP contribution in [0.3, 0.4) is 0 Å². The summed E-state index contributed by atoms with van der Waals surface area (Å²) in [6.45, 7) is 7.87. The summed E-state index contributed by atoms with van der Waals surface area (Å²) >= 11 is 0. The van der Waals surface area contributed by atoms with Gasteiger partial charge in [0.2, 0.25) is 0 Å². The first kappa shape index (κ1) is 14.3. The molecule has 0 unspecified atom stereocenters. The van der Waals surface area contributed by atoms with Crippen molar-refractivity contribution in [1.29, 1.82) is 0 Å². The first-order valence-corrected chi connectivity index (χ1v) is 6.85. The molecule has 0 aromatic heterocycles. The van der Waals surface area contributed by atoms with Crippen molar-refractivity contribution in [3.05, 3.63) is 54.1 Å². The Morgan fingerprint density at radius 1 is 0.950 bits per heavy atom. The highest BCUT2D eigenvalue weighted by molar-refractivity contribution is 6.01. The molecular formula is C18H21NO. The number of anilines is 1. The third-order valence-corrected chi connectivity index (χ3v) is 3.02. The Morgan fingerprint density at radius 3 is 2.15 bits per heavy atom. The van der Waals surface area contributed by atoms with Gasteiger partial charge in [-0.05, 0) is 51.0 Å². The molecule has 0 amide bonds. The topological polar surface area (TPSA) is 29.1 Å². The Bertz CT molecular complexity index is 609. The quantitative estimate of drug-likeness (QED) is 0.812. The second kappa shape index (κ2) is 5.49. The van der Waals surface area contributed by atoms with Gasteiger partial charge in [-0.15, -0.1) is 0 Å². The number of ketones is 1. The minimum absolute atomic E-state index is 0.0710. The van der Waals surface area contributed by atoms with Crippen molar-refractivity contribution in [2.45, 2.75) is 33.2 Å². The van der Waals surface area contributed by atoms with Gasteiger partial charge in [0, 0.05) is 16.8 Å². The van der Waals surface area contributed by atoms with Crippen LogP contribution in [0.5, 0.6) is 0 Å². The van der Waals surface area contributed by atoms with Gasteiger partial charge in [0.25, 0.3) is 0 Å². The van der Waals surface area contributed by atoms with Crippen LogP contribution >= 0.6 is 0 Å². The van der Waals surface area contributed by atoms with E-state index in [1.54, 1.807) is 6.92 Å². The molecule has 2 aromatic rings. The molecule has 1 N–H and O–H groups in total. The van der Waals surface area contributed by atoms with Crippen LogP contribution in [0.4, 0.5) is 5.69 Å². The van der Waals surface area contributed by atoms with Gasteiger partial charge in [0.05, 0.1) is 0 Å². The van der Waals surface area contributed by atoms with Crippen LogP contribution in [0.15, 0.2) is 48.5 Å². The number of hydrogen-bond donors (Lipinski definition) is 1. The minimum Gasteiger partial charge on any atom is -0.380 e. The van der Waals surface area contributed by atoms with Crippen molar-refractivity contribution >= 4 is 11.5 Å². The summed E-state index contributed by atoms with van der Waals surface area (Å²) in [7, 11) is 0. The Labute approximate surface area is 120 Å². The zero-order valence-electron chi connectivity index (χ0n) is 12.5. The summed E-state index contributed by atoms with van der Waals surface area (Å²) < 4.78 is 0. The van der Waals surface area contributed by atoms with E-state index in [9.17, 15) is 4.79 Å². The molecule has 0 aliphatic carbocycles. The molecule has 0 saturated carbocycles. The van der Waals surface area contributed by atoms with Crippen molar-refractivity contribution in [3.8, 4) is 11.1 Å². The maximum atomic E-state index is 11.9. The van der Waals surface area contributed by atoms with Gasteiger partial charge < -0.3 is 5.32 Å². The average Bonchev–Trinajstić information content (AvgIpc) is 2.38. The predicted octanol–water partition coefficient (Wildman–Crippen LogP) is 4.77. The number of benzene rings is 2. The maximum Gasteiger partial charge on any atom is 0.161 e. The Balaban J connectivity index is 2.46. The molecular weight excluding hydrogens is 246 g/mol. The number of carbonyl (C=O) groups excluding carboxylic acids is 1. The molecule has 0 aliphatic rings. The number of rotatable bonds is 3. The van der Waals surface area contributed by atoms with Gasteiger partial charge in [-0.1, -0.05) is 36.4 Å². The van der Waals surface area contributed by atoms with Crippen molar-refractivity contribution in [2.75, 3.05) is 5.32 Å². The summed E-state index contributed by atoms with van der Waals surface area (Å²) in [6.07, 6.45) is 0. The SMILES string of the molecule is CC(=O)c1cc(-c2ccccc2)ccc1NC(C)(C)C. The van der Waals surface area contributed by atoms with Crippen LogP contribution < -0.4 is 5.32 Å². The molecule has 0 aliphatic heterocycles. The lowest BCUT2D eigenvalue weighted by molar-refractivity contribution is 0.101. The molecule has 104 valence electrons. The van der Waals surface area contributed by atoms with Gasteiger partial charge in [0.1, 0.15) is 0 Å². The summed E-state index contributed by atoms with van der Waals surface area (Å²) in [5.74, 6) is 0.0783. The van der Waals surface area contributed by atoms with E-state index in [-0.39, 0.29) is 11.3 Å². The van der Waals surface area contributed by atoms with E-state index in [1.807, 2.05) is 30.3 Å². The molecule has 0 heterocycles. The van der Waals surface area contributed by atoms with Crippen LogP contribution in [0.2, 0.25) is 0 Å². The fourth-order valence-electron chi connectivity index (χ4n) is 2.16. The predicted molar refractivity (Wildman–Crippen MR) is 85.3 cm³/mol. The smallest absolute Gasteiger partial charge is 0.161 e. The number of carbonyl (C=O) groups is 1. The lowest BCUT2D eigenvalue weighted by atomic mass is 9.98. The third kappa shape index (κ3) is 3.47. The molecule has 0 fully saturated rings. The van der Waals surface area contributed by atoms with Crippen LogP contribution in [-0.4, -0.2) is 11.3 Å². The van der Waals surface area contributed by atoms with E-state index in [1.165, 1.54) is 0 Å². The highest BCUT2D eigenvalue weighted by Gasteiger charge is 2.15. The Morgan fingerprint density at radius 2 is 1.60 bits per heavy atom. The Hall–Kier alpha value is -2.09. The molecule has 0 bridgehead atoms. The molecule has 2 heteroatoms. The maximum absolute atomic E-state index is 11.9. The molecule has 0 atom stereocenters. The Kier molecular flexibility index (Phi) is 3.93. The van der Waals surface area contributed by atoms with Crippen molar-refractivity contribution < 1.29 is 4.79 Å². The average molecular weight is 267 g/mol. The first-order chi connectivity index (χ1) is 9.37. The zero-order valence-corrected chi connectivity index (χ0v) is 12.5. The summed E-state index contributed by atoms with van der Waals surface area (Å²) in [5, 5.41) is 3.39. The molecule has 2 nitrogen and oxygen atoms in total. The van der Waals surface area contributed by atoms with Crippen LogP contribution in [0.25, 0.3) is 11.1 Å². The second-order valence-corrected chi connectivity index (χ2v) is 6.06. The molecule has 0 saturated heterocycles. The van der Waals surface area contributed by atoms with E-state index in [2.05, 4.69) is 44.3 Å². The van der Waals surface area contributed by atoms with Crippen molar-refractivity contribution in [1.82, 2.24) is 0 Å². The molecule has 2 aromatic carbocycles. The van der Waals surface area contributed by atoms with E-state index < -0.39 is 0 Å². The third-order valence-electron chi connectivity index (χ3n) is 3.02. The van der Waals surface area contributed by atoms with Gasteiger partial charge in [0.15, 0.2) is 5.78 Å². The van der Waals surface area contributed by atoms with E-state index in [0.29, 0.717) is 0 Å². The van der Waals surface area contributed by atoms with Crippen molar-refractivity contribution in [2.24, 2.45) is 0 Å². The lowest BCUT2D eigenvalue weighted by Gasteiger charge is -2.24. The number of Topliss-reactive ketones (excluding diaryl/α,β-unsaturated/α-hetero) is 1. The van der Waals surface area contributed by atoms with Gasteiger partial charge in [-0.3, -0.25) is 4.79 Å². The van der Waals surface area contributed by atoms with E-state index in [4.69, 9.17) is 0 Å². The minimum atomic E-state index is -0.0710. The van der Waals surface area contributed by atoms with Gasteiger partial charge in [-0.2, -0.15) is 0 Å². The number of nitrogens with one attached hydrogen (secondary N) is 1. The largest absolute Gasteiger partial charge is 0.380 e. The van der Waals surface area contributed by atoms with Crippen LogP contribution in [-0.2, 0) is 0 Å². The van der Waals surface area contributed by atoms with Crippen molar-refractivity contribution in [3.63, 3.8) is 0 Å². The van der Waals surface area contributed by atoms with E-state index in [0.717, 1.165) is 22.4 Å². The lowest BCUT2D eigenvalue weighted by Crippen LogP contribution is -2.27. The molecule has 2 rings (SSSR count). The fraction of sp³-hybridized carbons (Fsp3) is 0.278. The van der Waals surface area contributed by atoms with Crippen LogP contribution in [0.1, 0.15) is 38.1 Å². The van der Waals surface area contributed by atoms with E-state index >= 15 is 0 Å². The van der Waals surface area contributed by atoms with Gasteiger partial charge >= 0.3 is 0 Å². The van der Waals surface area contributed by atoms with Crippen LogP contribution in [0, 0.1) is 0 Å². The highest BCUT2D eigenvalue weighted by Crippen LogP contribution is 2.27. The highest BCUT2D eigenvalue weighted by atomic mass is 16.1. The van der Waals surface area contributed by atoms with Gasteiger partial charge in [-0.25, -0.2) is 0 Å². The monoisotopic (exact) mass is 267 g/mol. The summed E-state index contributed by atoms with van der Waals surface area (Å²) in [5.41, 5.74) is 3.75. The summed E-state index contributed by atoms with van der Waals surface area (Å²) in [6, 6.07) is 16.1. The molecule has 0 radical (unpaired) electrons. The normalized spacial score (nSPS) is 11.2. The zero-order chi connectivity index (χ0) is 14.8. The second-order valence-electron chi connectivity index (χ2n) is 6.06. The standard InChI is InChI=1S/C18H21NO/c1-13(20)16-12-15(14-8-6-5-7-9-14)10-11-17(16)19-18(2,3)4/h5-12,19H,1-4H3. The summed E-state index contributed by atoms with van der Waals surface area (Å²) in [4.78, 5) is 11.9. The number of hydrogen-bond acceptors (Lipinski definition) is 2. The first-order valence-electron chi connectivity index (χ1n) is 6.85.